The SMILES string of the molecule is C=CCNC(=NCCN1CCCCC1CC)NCC.I. The number of aliphatic imine (C=N–C) groups is 1. The van der Waals surface area contributed by atoms with Crippen LogP contribution in [-0.4, -0.2) is 49.6 Å². The van der Waals surface area contributed by atoms with Gasteiger partial charge in [0.15, 0.2) is 5.96 Å². The summed E-state index contributed by atoms with van der Waals surface area (Å²) in [5.74, 6) is 0.896. The molecule has 5 heteroatoms. The molecule has 0 aliphatic carbocycles. The molecule has 0 aromatic heterocycles. The molecule has 0 amide bonds. The minimum atomic E-state index is 0. The van der Waals surface area contributed by atoms with Gasteiger partial charge < -0.3 is 10.6 Å². The zero-order chi connectivity index (χ0) is 13.9. The van der Waals surface area contributed by atoms with Gasteiger partial charge in [-0.1, -0.05) is 19.4 Å². The second-order valence-electron chi connectivity index (χ2n) is 5.02. The number of nitrogens with zero attached hydrogens (tertiary/aromatic N) is 2. The predicted octanol–water partition coefficient (Wildman–Crippen LogP) is 2.61. The standard InChI is InChI=1S/C15H30N4.HI/c1-4-10-17-15(16-6-3)18-11-13-19-12-8-7-9-14(19)5-2;/h4,14H,1,5-13H2,2-3H3,(H2,16,17,18);1H. The van der Waals surface area contributed by atoms with Crippen molar-refractivity contribution in [3.8, 4) is 0 Å². The summed E-state index contributed by atoms with van der Waals surface area (Å²) >= 11 is 0. The maximum Gasteiger partial charge on any atom is 0.191 e. The fourth-order valence-corrected chi connectivity index (χ4v) is 2.62. The highest BCUT2D eigenvalue weighted by molar-refractivity contribution is 14.0. The first-order chi connectivity index (χ1) is 9.31. The van der Waals surface area contributed by atoms with E-state index in [1.165, 1.54) is 32.2 Å². The summed E-state index contributed by atoms with van der Waals surface area (Å²) in [6, 6.07) is 0.771. The van der Waals surface area contributed by atoms with Crippen molar-refractivity contribution in [2.75, 3.05) is 32.7 Å². The summed E-state index contributed by atoms with van der Waals surface area (Å²) in [5.41, 5.74) is 0. The molecule has 0 aromatic carbocycles. The Kier molecular flexibility index (Phi) is 12.3. The van der Waals surface area contributed by atoms with Crippen LogP contribution in [0.5, 0.6) is 0 Å². The second kappa shape index (κ2) is 12.4. The maximum atomic E-state index is 4.62. The Morgan fingerprint density at radius 3 is 2.80 bits per heavy atom. The Labute approximate surface area is 141 Å². The molecule has 1 aliphatic rings. The fourth-order valence-electron chi connectivity index (χ4n) is 2.62. The van der Waals surface area contributed by atoms with Crippen molar-refractivity contribution in [2.24, 2.45) is 4.99 Å². The van der Waals surface area contributed by atoms with Crippen LogP contribution in [0.4, 0.5) is 0 Å². The van der Waals surface area contributed by atoms with E-state index in [1.54, 1.807) is 0 Å². The molecule has 1 unspecified atom stereocenters. The number of piperidine rings is 1. The summed E-state index contributed by atoms with van der Waals surface area (Å²) in [5, 5.41) is 6.49. The minimum absolute atomic E-state index is 0. The van der Waals surface area contributed by atoms with Crippen molar-refractivity contribution < 1.29 is 0 Å². The Morgan fingerprint density at radius 2 is 2.15 bits per heavy atom. The fraction of sp³-hybridized carbons (Fsp3) is 0.800. The summed E-state index contributed by atoms with van der Waals surface area (Å²) < 4.78 is 0. The van der Waals surface area contributed by atoms with Gasteiger partial charge in [0.1, 0.15) is 0 Å². The van der Waals surface area contributed by atoms with Gasteiger partial charge in [0.2, 0.25) is 0 Å². The van der Waals surface area contributed by atoms with Crippen LogP contribution in [-0.2, 0) is 0 Å². The van der Waals surface area contributed by atoms with Crippen LogP contribution in [0.25, 0.3) is 0 Å². The lowest BCUT2D eigenvalue weighted by Crippen LogP contribution is -2.41. The van der Waals surface area contributed by atoms with E-state index in [1.807, 2.05) is 6.08 Å². The lowest BCUT2D eigenvalue weighted by atomic mass is 10.0. The van der Waals surface area contributed by atoms with Crippen LogP contribution in [0, 0.1) is 0 Å². The minimum Gasteiger partial charge on any atom is -0.357 e. The highest BCUT2D eigenvalue weighted by atomic mass is 127. The molecule has 0 aromatic rings. The monoisotopic (exact) mass is 394 g/mol. The number of guanidine groups is 1. The number of likely N-dealkylation sites (tertiary alicyclic amines) is 1. The summed E-state index contributed by atoms with van der Waals surface area (Å²) in [6.45, 7) is 12.9. The van der Waals surface area contributed by atoms with Gasteiger partial charge in [0.05, 0.1) is 6.54 Å². The van der Waals surface area contributed by atoms with Crippen molar-refractivity contribution in [3.05, 3.63) is 12.7 Å². The molecule has 1 aliphatic heterocycles. The first-order valence-corrected chi connectivity index (χ1v) is 7.68. The third-order valence-corrected chi connectivity index (χ3v) is 3.64. The molecule has 1 heterocycles. The quantitative estimate of drug-likeness (QED) is 0.302. The van der Waals surface area contributed by atoms with E-state index in [0.29, 0.717) is 0 Å². The van der Waals surface area contributed by atoms with E-state index >= 15 is 0 Å². The lowest BCUT2D eigenvalue weighted by molar-refractivity contribution is 0.148. The highest BCUT2D eigenvalue weighted by Gasteiger charge is 2.19. The van der Waals surface area contributed by atoms with Gasteiger partial charge in [-0.05, 0) is 32.7 Å². The Bertz CT molecular complexity index is 281. The van der Waals surface area contributed by atoms with Crippen LogP contribution >= 0.6 is 24.0 Å². The van der Waals surface area contributed by atoms with E-state index in [2.05, 4.69) is 41.0 Å². The van der Waals surface area contributed by atoms with Crippen LogP contribution in [0.15, 0.2) is 17.6 Å². The van der Waals surface area contributed by atoms with E-state index in [-0.39, 0.29) is 24.0 Å². The molecular weight excluding hydrogens is 363 g/mol. The van der Waals surface area contributed by atoms with Gasteiger partial charge in [0.25, 0.3) is 0 Å². The summed E-state index contributed by atoms with van der Waals surface area (Å²) in [4.78, 5) is 7.22. The molecule has 118 valence electrons. The molecule has 1 rings (SSSR count). The van der Waals surface area contributed by atoms with Crippen LogP contribution in [0.2, 0.25) is 0 Å². The van der Waals surface area contributed by atoms with Crippen molar-refractivity contribution in [3.63, 3.8) is 0 Å². The average Bonchev–Trinajstić information content (AvgIpc) is 2.45. The van der Waals surface area contributed by atoms with Crippen LogP contribution < -0.4 is 10.6 Å². The molecule has 2 N–H and O–H groups in total. The third-order valence-electron chi connectivity index (χ3n) is 3.64. The molecule has 1 saturated heterocycles. The largest absolute Gasteiger partial charge is 0.357 e. The lowest BCUT2D eigenvalue weighted by Gasteiger charge is -2.34. The molecule has 20 heavy (non-hydrogen) atoms. The molecular formula is C15H31IN4. The molecule has 1 fully saturated rings. The number of hydrogen-bond donors (Lipinski definition) is 2. The van der Waals surface area contributed by atoms with Crippen LogP contribution in [0.1, 0.15) is 39.5 Å². The Balaban J connectivity index is 0.00000361. The van der Waals surface area contributed by atoms with Crippen molar-refractivity contribution >= 4 is 29.9 Å². The summed E-state index contributed by atoms with van der Waals surface area (Å²) in [7, 11) is 0. The Morgan fingerprint density at radius 1 is 1.35 bits per heavy atom. The zero-order valence-electron chi connectivity index (χ0n) is 13.0. The van der Waals surface area contributed by atoms with E-state index in [0.717, 1.165) is 38.2 Å². The van der Waals surface area contributed by atoms with Crippen LogP contribution in [0.3, 0.4) is 0 Å². The van der Waals surface area contributed by atoms with Crippen molar-refractivity contribution in [1.82, 2.24) is 15.5 Å². The number of rotatable bonds is 7. The van der Waals surface area contributed by atoms with Gasteiger partial charge in [-0.15, -0.1) is 30.6 Å². The third kappa shape index (κ3) is 7.47. The van der Waals surface area contributed by atoms with Gasteiger partial charge in [-0.2, -0.15) is 0 Å². The number of halogens is 1. The zero-order valence-corrected chi connectivity index (χ0v) is 15.4. The van der Waals surface area contributed by atoms with Gasteiger partial charge in [-0.25, -0.2) is 0 Å². The predicted molar refractivity (Wildman–Crippen MR) is 99.1 cm³/mol. The van der Waals surface area contributed by atoms with Crippen molar-refractivity contribution in [2.45, 2.75) is 45.6 Å². The number of nitrogens with one attached hydrogen (secondary N) is 2. The molecule has 0 bridgehead atoms. The van der Waals surface area contributed by atoms with E-state index in [4.69, 9.17) is 0 Å². The molecule has 1 atom stereocenters. The van der Waals surface area contributed by atoms with E-state index in [9.17, 15) is 0 Å². The van der Waals surface area contributed by atoms with Gasteiger partial charge in [0, 0.05) is 25.7 Å². The highest BCUT2D eigenvalue weighted by Crippen LogP contribution is 2.18. The molecule has 0 radical (unpaired) electrons. The number of hydrogen-bond acceptors (Lipinski definition) is 2. The van der Waals surface area contributed by atoms with Crippen molar-refractivity contribution in [1.29, 1.82) is 0 Å². The topological polar surface area (TPSA) is 39.7 Å². The first kappa shape index (κ1) is 19.7. The van der Waals surface area contributed by atoms with E-state index < -0.39 is 0 Å². The van der Waals surface area contributed by atoms with Gasteiger partial charge >= 0.3 is 0 Å². The molecule has 0 saturated carbocycles. The maximum absolute atomic E-state index is 4.62. The first-order valence-electron chi connectivity index (χ1n) is 7.68. The van der Waals surface area contributed by atoms with Gasteiger partial charge in [-0.3, -0.25) is 9.89 Å². The Hall–Kier alpha value is -0.300. The second-order valence-corrected chi connectivity index (χ2v) is 5.02. The summed E-state index contributed by atoms with van der Waals surface area (Å²) in [6.07, 6.45) is 7.20. The smallest absolute Gasteiger partial charge is 0.191 e. The normalized spacial score (nSPS) is 20.1. The average molecular weight is 394 g/mol. The molecule has 4 nitrogen and oxygen atoms in total. The molecule has 0 spiro atoms.